The zero-order valence-corrected chi connectivity index (χ0v) is 16.0. The van der Waals surface area contributed by atoms with Gasteiger partial charge in [0.25, 0.3) is 0 Å². The van der Waals surface area contributed by atoms with Crippen LogP contribution >= 0.6 is 0 Å². The fraction of sp³-hybridized carbons (Fsp3) is 0.292. The van der Waals surface area contributed by atoms with Crippen LogP contribution in [0.5, 0.6) is 0 Å². The maximum atomic E-state index is 4.79. The van der Waals surface area contributed by atoms with E-state index in [1.807, 2.05) is 0 Å². The average molecular weight is 329 g/mol. The van der Waals surface area contributed by atoms with E-state index in [0.717, 1.165) is 18.5 Å². The van der Waals surface area contributed by atoms with Crippen LogP contribution in [0, 0.1) is 20.8 Å². The third-order valence-corrected chi connectivity index (χ3v) is 4.90. The Hall–Kier alpha value is -2.41. The van der Waals surface area contributed by atoms with Crippen LogP contribution in [0.2, 0.25) is 0 Å². The van der Waals surface area contributed by atoms with Crippen molar-refractivity contribution in [3.05, 3.63) is 81.4 Å². The Morgan fingerprint density at radius 1 is 0.960 bits per heavy atom. The van der Waals surface area contributed by atoms with Gasteiger partial charge in [-0.05, 0) is 74.4 Å². The number of aliphatic imine (C=N–C) groups is 1. The van der Waals surface area contributed by atoms with Gasteiger partial charge in [0, 0.05) is 12.6 Å². The highest BCUT2D eigenvalue weighted by Gasteiger charge is 2.14. The summed E-state index contributed by atoms with van der Waals surface area (Å²) in [5.41, 5.74) is 11.9. The van der Waals surface area contributed by atoms with Crippen molar-refractivity contribution < 1.29 is 0 Å². The quantitative estimate of drug-likeness (QED) is 0.555. The fourth-order valence-electron chi connectivity index (χ4n) is 3.84. The summed E-state index contributed by atoms with van der Waals surface area (Å²) in [4.78, 5) is 4.79. The molecule has 0 unspecified atom stereocenters. The van der Waals surface area contributed by atoms with Gasteiger partial charge < -0.3 is 0 Å². The molecule has 128 valence electrons. The second-order valence-corrected chi connectivity index (χ2v) is 7.25. The van der Waals surface area contributed by atoms with E-state index in [1.165, 1.54) is 44.5 Å². The maximum Gasteiger partial charge on any atom is 0.0684 e. The summed E-state index contributed by atoms with van der Waals surface area (Å²) in [7, 11) is 0. The van der Waals surface area contributed by atoms with Crippen molar-refractivity contribution in [2.75, 3.05) is 0 Å². The number of nitrogens with zero attached hydrogens (tertiary/aromatic N) is 1. The summed E-state index contributed by atoms with van der Waals surface area (Å²) in [5, 5.41) is 0. The second kappa shape index (κ2) is 7.23. The Balaban J connectivity index is 1.85. The molecule has 0 heterocycles. The first-order valence-electron chi connectivity index (χ1n) is 9.01. The molecule has 0 aromatic heterocycles. The third kappa shape index (κ3) is 3.82. The van der Waals surface area contributed by atoms with Crippen molar-refractivity contribution in [3.63, 3.8) is 0 Å². The van der Waals surface area contributed by atoms with Crippen molar-refractivity contribution in [2.45, 2.75) is 47.5 Å². The number of rotatable bonds is 4. The van der Waals surface area contributed by atoms with E-state index < -0.39 is 0 Å². The van der Waals surface area contributed by atoms with Gasteiger partial charge in [0.2, 0.25) is 0 Å². The molecule has 0 fully saturated rings. The van der Waals surface area contributed by atoms with Gasteiger partial charge in [-0.25, -0.2) is 0 Å². The molecule has 25 heavy (non-hydrogen) atoms. The number of allylic oxidation sites excluding steroid dienone is 4. The second-order valence-electron chi connectivity index (χ2n) is 7.25. The monoisotopic (exact) mass is 329 g/mol. The molecule has 1 aliphatic carbocycles. The minimum absolute atomic E-state index is 0.860. The number of aryl methyl sites for hydroxylation is 3. The van der Waals surface area contributed by atoms with E-state index in [9.17, 15) is 0 Å². The van der Waals surface area contributed by atoms with E-state index in [4.69, 9.17) is 4.99 Å². The number of benzene rings is 2. The number of hydrogen-bond donors (Lipinski definition) is 0. The SMILES string of the molecule is CC1=CC(C)=C(c2ccccc2CC=Nc2c(C)cc(C)cc2C)C1. The molecule has 0 spiro atoms. The molecule has 1 nitrogen and oxygen atoms in total. The minimum atomic E-state index is 0.860. The van der Waals surface area contributed by atoms with E-state index >= 15 is 0 Å². The van der Waals surface area contributed by atoms with Crippen LogP contribution in [0.4, 0.5) is 5.69 Å². The first-order valence-corrected chi connectivity index (χ1v) is 9.01. The summed E-state index contributed by atoms with van der Waals surface area (Å²) < 4.78 is 0. The standard InChI is InChI=1S/C24H27N/c1-16-13-19(4)24(20(5)14-16)25-11-10-21-8-6-7-9-22(21)23-15-17(2)12-18(23)3/h6-9,11-14H,10,15H2,1-5H3. The van der Waals surface area contributed by atoms with Crippen LogP contribution in [0.1, 0.15) is 48.1 Å². The van der Waals surface area contributed by atoms with Crippen LogP contribution in [0.15, 0.2) is 58.6 Å². The van der Waals surface area contributed by atoms with Crippen molar-refractivity contribution in [3.8, 4) is 0 Å². The predicted molar refractivity (Wildman–Crippen MR) is 110 cm³/mol. The fourth-order valence-corrected chi connectivity index (χ4v) is 3.84. The average Bonchev–Trinajstić information content (AvgIpc) is 2.88. The molecule has 2 aromatic carbocycles. The molecule has 0 atom stereocenters. The van der Waals surface area contributed by atoms with Crippen molar-refractivity contribution in [2.24, 2.45) is 4.99 Å². The first kappa shape index (κ1) is 17.4. The van der Waals surface area contributed by atoms with Crippen LogP contribution in [0.3, 0.4) is 0 Å². The Morgan fingerprint density at radius 2 is 1.64 bits per heavy atom. The summed E-state index contributed by atoms with van der Waals surface area (Å²) >= 11 is 0. The van der Waals surface area contributed by atoms with E-state index in [2.05, 4.69) is 83.3 Å². The topological polar surface area (TPSA) is 12.4 Å². The third-order valence-electron chi connectivity index (χ3n) is 4.90. The Kier molecular flexibility index (Phi) is 5.03. The summed E-state index contributed by atoms with van der Waals surface area (Å²) in [6, 6.07) is 13.1. The lowest BCUT2D eigenvalue weighted by Gasteiger charge is -2.11. The molecule has 3 rings (SSSR count). The molecule has 1 heteroatoms. The molecule has 0 amide bonds. The Morgan fingerprint density at radius 3 is 2.28 bits per heavy atom. The highest BCUT2D eigenvalue weighted by molar-refractivity contribution is 5.80. The highest BCUT2D eigenvalue weighted by atomic mass is 14.7. The van der Waals surface area contributed by atoms with Crippen molar-refractivity contribution in [1.29, 1.82) is 0 Å². The van der Waals surface area contributed by atoms with Gasteiger partial charge in [0.15, 0.2) is 0 Å². The van der Waals surface area contributed by atoms with Gasteiger partial charge in [0.05, 0.1) is 5.69 Å². The van der Waals surface area contributed by atoms with Gasteiger partial charge in [0.1, 0.15) is 0 Å². The van der Waals surface area contributed by atoms with E-state index in [0.29, 0.717) is 0 Å². The molecule has 0 saturated carbocycles. The molecule has 1 aliphatic rings. The van der Waals surface area contributed by atoms with Crippen LogP contribution in [-0.2, 0) is 6.42 Å². The van der Waals surface area contributed by atoms with Crippen LogP contribution in [0.25, 0.3) is 5.57 Å². The lowest BCUT2D eigenvalue weighted by molar-refractivity contribution is 1.23. The van der Waals surface area contributed by atoms with Gasteiger partial charge in [-0.2, -0.15) is 0 Å². The van der Waals surface area contributed by atoms with Crippen molar-refractivity contribution >= 4 is 17.5 Å². The Bertz CT molecular complexity index is 871. The molecule has 0 radical (unpaired) electrons. The molecule has 0 bridgehead atoms. The summed E-state index contributed by atoms with van der Waals surface area (Å²) in [5.74, 6) is 0. The van der Waals surface area contributed by atoms with Gasteiger partial charge in [-0.15, -0.1) is 0 Å². The van der Waals surface area contributed by atoms with Crippen molar-refractivity contribution in [1.82, 2.24) is 0 Å². The van der Waals surface area contributed by atoms with E-state index in [1.54, 1.807) is 0 Å². The largest absolute Gasteiger partial charge is 0.260 e. The van der Waals surface area contributed by atoms with Gasteiger partial charge in [-0.1, -0.05) is 53.6 Å². The predicted octanol–water partition coefficient (Wildman–Crippen LogP) is 6.68. The zero-order valence-electron chi connectivity index (χ0n) is 16.0. The maximum absolute atomic E-state index is 4.79. The lowest BCUT2D eigenvalue weighted by Crippen LogP contribution is -1.95. The highest BCUT2D eigenvalue weighted by Crippen LogP contribution is 2.34. The lowest BCUT2D eigenvalue weighted by atomic mass is 9.94. The zero-order chi connectivity index (χ0) is 18.0. The smallest absolute Gasteiger partial charge is 0.0684 e. The number of hydrogen-bond acceptors (Lipinski definition) is 1. The molecule has 0 aliphatic heterocycles. The normalized spacial score (nSPS) is 14.5. The Labute approximate surface area is 151 Å². The van der Waals surface area contributed by atoms with Crippen LogP contribution < -0.4 is 0 Å². The first-order chi connectivity index (χ1) is 12.0. The molecule has 0 saturated heterocycles. The summed E-state index contributed by atoms with van der Waals surface area (Å²) in [6.45, 7) is 10.8. The van der Waals surface area contributed by atoms with E-state index in [-0.39, 0.29) is 0 Å². The molecule has 0 N–H and O–H groups in total. The minimum Gasteiger partial charge on any atom is -0.260 e. The molecule has 2 aromatic rings. The van der Waals surface area contributed by atoms with Gasteiger partial charge >= 0.3 is 0 Å². The summed E-state index contributed by atoms with van der Waals surface area (Å²) in [6.07, 6.45) is 6.29. The van der Waals surface area contributed by atoms with Crippen LogP contribution in [-0.4, -0.2) is 6.21 Å². The molecular weight excluding hydrogens is 302 g/mol. The molecular formula is C24H27N. The van der Waals surface area contributed by atoms with Gasteiger partial charge in [-0.3, -0.25) is 4.99 Å².